The summed E-state index contributed by atoms with van der Waals surface area (Å²) in [7, 11) is -3.64. The molecule has 9 heteroatoms. The molecule has 1 saturated heterocycles. The molecule has 0 saturated carbocycles. The number of nitrogens with zero attached hydrogens (tertiary/aromatic N) is 1. The predicted octanol–water partition coefficient (Wildman–Crippen LogP) is 3.33. The molecule has 0 aliphatic carbocycles. The molecule has 30 heavy (non-hydrogen) atoms. The lowest BCUT2D eigenvalue weighted by molar-refractivity contribution is 0.0730. The highest BCUT2D eigenvalue weighted by Crippen LogP contribution is 2.21. The van der Waals surface area contributed by atoms with E-state index in [4.69, 9.17) is 16.3 Å². The molecule has 1 heterocycles. The highest BCUT2D eigenvalue weighted by atomic mass is 35.5. The van der Waals surface area contributed by atoms with E-state index in [2.05, 4.69) is 5.32 Å². The van der Waals surface area contributed by atoms with Gasteiger partial charge in [-0.1, -0.05) is 29.8 Å². The topological polar surface area (TPSA) is 75.7 Å². The molecule has 1 aliphatic rings. The van der Waals surface area contributed by atoms with Crippen molar-refractivity contribution in [2.75, 3.05) is 38.6 Å². The molecule has 162 valence electrons. The zero-order chi connectivity index (χ0) is 21.6. The van der Waals surface area contributed by atoms with Crippen molar-refractivity contribution in [3.05, 3.63) is 64.2 Å². The number of benzene rings is 2. The average molecular weight is 469 g/mol. The van der Waals surface area contributed by atoms with Gasteiger partial charge in [0.2, 0.25) is 10.0 Å². The zero-order valence-electron chi connectivity index (χ0n) is 16.8. The van der Waals surface area contributed by atoms with Gasteiger partial charge in [-0.3, -0.25) is 4.79 Å². The highest BCUT2D eigenvalue weighted by molar-refractivity contribution is 7.98. The molecule has 3 rings (SSSR count). The minimum absolute atomic E-state index is 0.135. The van der Waals surface area contributed by atoms with Crippen molar-refractivity contribution in [1.82, 2.24) is 9.62 Å². The lowest BCUT2D eigenvalue weighted by Gasteiger charge is -2.26. The molecule has 0 radical (unpaired) electrons. The molecule has 2 aromatic carbocycles. The number of hydrogen-bond donors (Lipinski definition) is 1. The van der Waals surface area contributed by atoms with Crippen molar-refractivity contribution in [1.29, 1.82) is 0 Å². The number of carbonyl (C=O) groups is 1. The summed E-state index contributed by atoms with van der Waals surface area (Å²) >= 11 is 7.68. The minimum Gasteiger partial charge on any atom is -0.379 e. The van der Waals surface area contributed by atoms with Crippen LogP contribution in [-0.2, 0) is 20.5 Å². The van der Waals surface area contributed by atoms with E-state index in [9.17, 15) is 13.2 Å². The molecule has 0 aromatic heterocycles. The minimum atomic E-state index is -3.64. The van der Waals surface area contributed by atoms with Crippen molar-refractivity contribution >= 4 is 39.3 Å². The van der Waals surface area contributed by atoms with Crippen LogP contribution in [0.1, 0.15) is 21.5 Å². The number of morpholine rings is 1. The Hall–Kier alpha value is -1.58. The Bertz CT molecular complexity index is 992. The van der Waals surface area contributed by atoms with Gasteiger partial charge in [0.25, 0.3) is 5.91 Å². The largest absolute Gasteiger partial charge is 0.379 e. The van der Waals surface area contributed by atoms with Gasteiger partial charge in [0, 0.05) is 41.7 Å². The summed E-state index contributed by atoms with van der Waals surface area (Å²) in [6, 6.07) is 12.4. The molecule has 2 aromatic rings. The maximum atomic E-state index is 12.9. The van der Waals surface area contributed by atoms with Crippen LogP contribution in [0.4, 0.5) is 0 Å². The molecule has 1 aliphatic heterocycles. The maximum Gasteiger partial charge on any atom is 0.251 e. The average Bonchev–Trinajstić information content (AvgIpc) is 2.74. The molecular formula is C21H25ClN2O4S2. The third-order valence-electron chi connectivity index (χ3n) is 4.75. The van der Waals surface area contributed by atoms with Crippen LogP contribution < -0.4 is 5.32 Å². The molecular weight excluding hydrogens is 444 g/mol. The Balaban J connectivity index is 1.57. The number of sulfonamides is 1. The molecule has 6 nitrogen and oxygen atoms in total. The van der Waals surface area contributed by atoms with Crippen molar-refractivity contribution in [2.45, 2.75) is 17.6 Å². The van der Waals surface area contributed by atoms with Gasteiger partial charge < -0.3 is 10.1 Å². The number of hydrogen-bond acceptors (Lipinski definition) is 5. The van der Waals surface area contributed by atoms with E-state index < -0.39 is 10.0 Å². The smallest absolute Gasteiger partial charge is 0.251 e. The first kappa shape index (κ1) is 23.1. The molecule has 1 fully saturated rings. The van der Waals surface area contributed by atoms with Crippen LogP contribution in [0.2, 0.25) is 5.02 Å². The van der Waals surface area contributed by atoms with Gasteiger partial charge in [0.05, 0.1) is 18.1 Å². The van der Waals surface area contributed by atoms with Crippen LogP contribution in [0.25, 0.3) is 0 Å². The first-order valence-corrected chi connectivity index (χ1v) is 12.6. The second kappa shape index (κ2) is 10.6. The quantitative estimate of drug-likeness (QED) is 0.601. The Morgan fingerprint density at radius 3 is 2.70 bits per heavy atom. The SMILES string of the molecule is Cc1ccc(S(=O)(=O)N2CCOCC2)cc1C(=O)NCCSCc1cccc(Cl)c1. The van der Waals surface area contributed by atoms with Gasteiger partial charge in [-0.2, -0.15) is 16.1 Å². The molecule has 0 atom stereocenters. The van der Waals surface area contributed by atoms with Crippen molar-refractivity contribution in [3.63, 3.8) is 0 Å². The van der Waals surface area contributed by atoms with Gasteiger partial charge in [0.15, 0.2) is 0 Å². The number of thioether (sulfide) groups is 1. The summed E-state index contributed by atoms with van der Waals surface area (Å²) in [5.41, 5.74) is 2.25. The van der Waals surface area contributed by atoms with E-state index in [1.807, 2.05) is 24.3 Å². The summed E-state index contributed by atoms with van der Waals surface area (Å²) < 4.78 is 32.3. The van der Waals surface area contributed by atoms with Crippen LogP contribution >= 0.6 is 23.4 Å². The summed E-state index contributed by atoms with van der Waals surface area (Å²) in [6.07, 6.45) is 0. The number of rotatable bonds is 8. The van der Waals surface area contributed by atoms with Crippen molar-refractivity contribution in [3.8, 4) is 0 Å². The van der Waals surface area contributed by atoms with Gasteiger partial charge in [0.1, 0.15) is 0 Å². The zero-order valence-corrected chi connectivity index (χ0v) is 19.2. The normalized spacial score (nSPS) is 15.1. The van der Waals surface area contributed by atoms with Gasteiger partial charge >= 0.3 is 0 Å². The van der Waals surface area contributed by atoms with Crippen LogP contribution in [-0.4, -0.2) is 57.2 Å². The van der Waals surface area contributed by atoms with Crippen molar-refractivity contribution < 1.29 is 17.9 Å². The fourth-order valence-electron chi connectivity index (χ4n) is 3.09. The van der Waals surface area contributed by atoms with E-state index in [-0.39, 0.29) is 10.8 Å². The first-order chi connectivity index (χ1) is 14.4. The predicted molar refractivity (Wildman–Crippen MR) is 121 cm³/mol. The summed E-state index contributed by atoms with van der Waals surface area (Å²) in [5.74, 6) is 1.28. The second-order valence-corrected chi connectivity index (χ2v) is 10.4. The van der Waals surface area contributed by atoms with E-state index in [0.717, 1.165) is 22.6 Å². The van der Waals surface area contributed by atoms with Crippen LogP contribution in [0.3, 0.4) is 0 Å². The lowest BCUT2D eigenvalue weighted by Crippen LogP contribution is -2.40. The number of amides is 1. The van der Waals surface area contributed by atoms with Crippen LogP contribution in [0, 0.1) is 6.92 Å². The second-order valence-electron chi connectivity index (χ2n) is 6.93. The standard InChI is InChI=1S/C21H25ClN2O4S2/c1-16-5-6-19(30(26,27)24-8-10-28-11-9-24)14-20(16)21(25)23-7-12-29-15-17-3-2-4-18(22)13-17/h2-6,13-14H,7-12,15H2,1H3,(H,23,25). The number of nitrogens with one attached hydrogen (secondary N) is 1. The Morgan fingerprint density at radius 2 is 1.97 bits per heavy atom. The summed E-state index contributed by atoms with van der Waals surface area (Å²) in [5, 5.41) is 3.59. The van der Waals surface area contributed by atoms with E-state index >= 15 is 0 Å². The van der Waals surface area contributed by atoms with Gasteiger partial charge in [-0.15, -0.1) is 0 Å². The Labute approximate surface area is 187 Å². The summed E-state index contributed by atoms with van der Waals surface area (Å²) in [4.78, 5) is 12.8. The number of halogens is 1. The summed E-state index contributed by atoms with van der Waals surface area (Å²) in [6.45, 7) is 3.69. The molecule has 1 N–H and O–H groups in total. The van der Waals surface area contributed by atoms with E-state index in [0.29, 0.717) is 43.4 Å². The number of aryl methyl sites for hydroxylation is 1. The molecule has 0 spiro atoms. The van der Waals surface area contributed by atoms with Crippen LogP contribution in [0.15, 0.2) is 47.4 Å². The van der Waals surface area contributed by atoms with Crippen molar-refractivity contribution in [2.24, 2.45) is 0 Å². The lowest BCUT2D eigenvalue weighted by atomic mass is 10.1. The molecule has 0 unspecified atom stereocenters. The monoisotopic (exact) mass is 468 g/mol. The molecule has 1 amide bonds. The van der Waals surface area contributed by atoms with E-state index in [1.165, 1.54) is 10.4 Å². The Morgan fingerprint density at radius 1 is 1.20 bits per heavy atom. The van der Waals surface area contributed by atoms with Gasteiger partial charge in [-0.25, -0.2) is 8.42 Å². The fourth-order valence-corrected chi connectivity index (χ4v) is 5.54. The van der Waals surface area contributed by atoms with Crippen LogP contribution in [0.5, 0.6) is 0 Å². The third-order valence-corrected chi connectivity index (χ3v) is 7.91. The maximum absolute atomic E-state index is 12.9. The fraction of sp³-hybridized carbons (Fsp3) is 0.381. The Kier molecular flexibility index (Phi) is 8.19. The highest BCUT2D eigenvalue weighted by Gasteiger charge is 2.27. The van der Waals surface area contributed by atoms with E-state index in [1.54, 1.807) is 30.8 Å². The first-order valence-electron chi connectivity index (χ1n) is 9.67. The number of carbonyl (C=O) groups excluding carboxylic acids is 1. The molecule has 0 bridgehead atoms. The van der Waals surface area contributed by atoms with Gasteiger partial charge in [-0.05, 0) is 42.3 Å². The number of ether oxygens (including phenoxy) is 1. The third kappa shape index (κ3) is 5.98.